The van der Waals surface area contributed by atoms with Crippen molar-refractivity contribution in [3.63, 3.8) is 0 Å². The van der Waals surface area contributed by atoms with Gasteiger partial charge >= 0.3 is 0 Å². The van der Waals surface area contributed by atoms with Gasteiger partial charge in [-0.05, 0) is 38.7 Å². The van der Waals surface area contributed by atoms with E-state index in [4.69, 9.17) is 15.6 Å². The predicted octanol–water partition coefficient (Wildman–Crippen LogP) is 1.17. The molecule has 2 aromatic heterocycles. The van der Waals surface area contributed by atoms with Crippen molar-refractivity contribution in [2.45, 2.75) is 44.8 Å². The lowest BCUT2D eigenvalue weighted by Crippen LogP contribution is -2.31. The fourth-order valence-corrected chi connectivity index (χ4v) is 3.35. The van der Waals surface area contributed by atoms with E-state index in [9.17, 15) is 4.79 Å². The molecule has 124 valence electrons. The van der Waals surface area contributed by atoms with E-state index >= 15 is 0 Å². The molecular weight excluding hydrogens is 296 g/mol. The molecule has 0 aliphatic heterocycles. The molecule has 1 fully saturated rings. The zero-order chi connectivity index (χ0) is 16.4. The summed E-state index contributed by atoms with van der Waals surface area (Å²) in [5.41, 5.74) is 7.10. The van der Waals surface area contributed by atoms with E-state index in [2.05, 4.69) is 9.97 Å². The first-order valence-electron chi connectivity index (χ1n) is 7.98. The second-order valence-corrected chi connectivity index (χ2v) is 5.97. The Labute approximate surface area is 134 Å². The van der Waals surface area contributed by atoms with Gasteiger partial charge < -0.3 is 15.6 Å². The molecule has 0 bridgehead atoms. The van der Waals surface area contributed by atoms with Gasteiger partial charge in [0.25, 0.3) is 5.56 Å². The van der Waals surface area contributed by atoms with Gasteiger partial charge in [0.2, 0.25) is 5.95 Å². The number of pyridine rings is 1. The molecule has 0 saturated heterocycles. The summed E-state index contributed by atoms with van der Waals surface area (Å²) >= 11 is 0. The third kappa shape index (κ3) is 3.20. The van der Waals surface area contributed by atoms with Crippen molar-refractivity contribution >= 4 is 17.0 Å². The summed E-state index contributed by atoms with van der Waals surface area (Å²) in [5, 5.41) is 9.70. The van der Waals surface area contributed by atoms with Crippen LogP contribution in [0.1, 0.15) is 37.4 Å². The number of nitrogens with zero attached hydrogens (tertiary/aromatic N) is 3. The summed E-state index contributed by atoms with van der Waals surface area (Å²) in [4.78, 5) is 20.9. The first kappa shape index (κ1) is 15.9. The molecule has 23 heavy (non-hydrogen) atoms. The highest BCUT2D eigenvalue weighted by molar-refractivity contribution is 5.78. The van der Waals surface area contributed by atoms with Gasteiger partial charge in [-0.15, -0.1) is 0 Å². The molecule has 0 amide bonds. The monoisotopic (exact) mass is 318 g/mol. The number of aryl methyl sites for hydroxylation is 1. The lowest BCUT2D eigenvalue weighted by Gasteiger charge is -2.30. The molecule has 1 aliphatic carbocycles. The smallest absolute Gasteiger partial charge is 0.252 e. The lowest BCUT2D eigenvalue weighted by molar-refractivity contribution is 0.00168. The molecular formula is C16H22N4O3. The van der Waals surface area contributed by atoms with Crippen molar-refractivity contribution in [3.8, 4) is 0 Å². The van der Waals surface area contributed by atoms with E-state index in [-0.39, 0.29) is 30.3 Å². The SMILES string of the molecule is Cc1nc(N)nc2c1ccc(=O)n2[C@H]1CC[C@@H](OCCO)CC1. The Morgan fingerprint density at radius 3 is 2.74 bits per heavy atom. The van der Waals surface area contributed by atoms with E-state index < -0.39 is 0 Å². The van der Waals surface area contributed by atoms with Crippen molar-refractivity contribution in [2.24, 2.45) is 0 Å². The van der Waals surface area contributed by atoms with Crippen LogP contribution >= 0.6 is 0 Å². The van der Waals surface area contributed by atoms with Crippen molar-refractivity contribution in [2.75, 3.05) is 18.9 Å². The van der Waals surface area contributed by atoms with Gasteiger partial charge in [0.1, 0.15) is 5.65 Å². The molecule has 1 saturated carbocycles. The average molecular weight is 318 g/mol. The molecule has 2 heterocycles. The molecule has 7 heteroatoms. The van der Waals surface area contributed by atoms with Crippen LogP contribution in [0.15, 0.2) is 16.9 Å². The fourth-order valence-electron chi connectivity index (χ4n) is 3.35. The molecule has 0 aromatic carbocycles. The zero-order valence-corrected chi connectivity index (χ0v) is 13.2. The summed E-state index contributed by atoms with van der Waals surface area (Å²) in [7, 11) is 0. The number of hydrogen-bond acceptors (Lipinski definition) is 6. The number of rotatable bonds is 4. The maximum Gasteiger partial charge on any atom is 0.252 e. The summed E-state index contributed by atoms with van der Waals surface area (Å²) < 4.78 is 7.34. The highest BCUT2D eigenvalue weighted by Crippen LogP contribution is 2.31. The summed E-state index contributed by atoms with van der Waals surface area (Å²) in [5.74, 6) is 0.189. The molecule has 7 nitrogen and oxygen atoms in total. The number of hydrogen-bond donors (Lipinski definition) is 2. The summed E-state index contributed by atoms with van der Waals surface area (Å²) in [6.07, 6.45) is 3.58. The van der Waals surface area contributed by atoms with Crippen LogP contribution in [-0.2, 0) is 4.74 Å². The van der Waals surface area contributed by atoms with Crippen LogP contribution in [0.5, 0.6) is 0 Å². The molecule has 3 rings (SSSR count). The number of anilines is 1. The van der Waals surface area contributed by atoms with Crippen LogP contribution in [-0.4, -0.2) is 39.0 Å². The lowest BCUT2D eigenvalue weighted by atomic mass is 9.92. The van der Waals surface area contributed by atoms with E-state index in [1.807, 2.05) is 6.92 Å². The van der Waals surface area contributed by atoms with Crippen LogP contribution < -0.4 is 11.3 Å². The molecule has 2 aromatic rings. The van der Waals surface area contributed by atoms with Crippen molar-refractivity contribution in [3.05, 3.63) is 28.2 Å². The van der Waals surface area contributed by atoms with Crippen LogP contribution in [0.3, 0.4) is 0 Å². The maximum absolute atomic E-state index is 12.4. The summed E-state index contributed by atoms with van der Waals surface area (Å²) in [6, 6.07) is 3.43. The van der Waals surface area contributed by atoms with Crippen molar-refractivity contribution in [1.29, 1.82) is 0 Å². The van der Waals surface area contributed by atoms with Crippen LogP contribution in [0.4, 0.5) is 5.95 Å². The number of aliphatic hydroxyl groups excluding tert-OH is 1. The Kier molecular flexibility index (Phi) is 4.58. The Balaban J connectivity index is 1.91. The number of aliphatic hydroxyl groups is 1. The maximum atomic E-state index is 12.4. The second-order valence-electron chi connectivity index (χ2n) is 5.97. The fraction of sp³-hybridized carbons (Fsp3) is 0.562. The quantitative estimate of drug-likeness (QED) is 0.877. The van der Waals surface area contributed by atoms with Crippen molar-refractivity contribution in [1.82, 2.24) is 14.5 Å². The molecule has 3 N–H and O–H groups in total. The molecule has 0 atom stereocenters. The molecule has 1 aliphatic rings. The second kappa shape index (κ2) is 6.64. The minimum Gasteiger partial charge on any atom is -0.394 e. The van der Waals surface area contributed by atoms with Gasteiger partial charge in [-0.1, -0.05) is 0 Å². The Morgan fingerprint density at radius 1 is 1.30 bits per heavy atom. The normalized spacial score (nSPS) is 21.7. The van der Waals surface area contributed by atoms with Gasteiger partial charge in [-0.2, -0.15) is 4.98 Å². The number of nitrogens with two attached hydrogens (primary N) is 1. The Morgan fingerprint density at radius 2 is 2.04 bits per heavy atom. The molecule has 0 spiro atoms. The van der Waals surface area contributed by atoms with Crippen LogP contribution in [0.25, 0.3) is 11.0 Å². The number of fused-ring (bicyclic) bond motifs is 1. The van der Waals surface area contributed by atoms with Crippen molar-refractivity contribution < 1.29 is 9.84 Å². The molecule has 0 radical (unpaired) electrons. The highest BCUT2D eigenvalue weighted by atomic mass is 16.5. The largest absolute Gasteiger partial charge is 0.394 e. The number of aromatic nitrogens is 3. The van der Waals surface area contributed by atoms with Gasteiger partial charge in [0.15, 0.2) is 0 Å². The highest BCUT2D eigenvalue weighted by Gasteiger charge is 2.25. The zero-order valence-electron chi connectivity index (χ0n) is 13.2. The van der Waals surface area contributed by atoms with Gasteiger partial charge in [-0.25, -0.2) is 4.98 Å². The van der Waals surface area contributed by atoms with E-state index in [1.165, 1.54) is 0 Å². The summed E-state index contributed by atoms with van der Waals surface area (Å²) in [6.45, 7) is 2.28. The average Bonchev–Trinajstić information content (AvgIpc) is 2.53. The Bertz CT molecular complexity index is 751. The van der Waals surface area contributed by atoms with E-state index in [1.54, 1.807) is 16.7 Å². The standard InChI is InChI=1S/C16H22N4O3/c1-10-13-6-7-14(22)20(15(13)19-16(17)18-10)11-2-4-12(5-3-11)23-9-8-21/h6-7,11-12,21H,2-5,8-9H2,1H3,(H2,17,18,19)/t11-,12+. The number of ether oxygens (including phenoxy) is 1. The first-order valence-corrected chi connectivity index (χ1v) is 7.98. The third-order valence-electron chi connectivity index (χ3n) is 4.45. The molecule has 0 unspecified atom stereocenters. The minimum absolute atomic E-state index is 0.0399. The predicted molar refractivity (Wildman–Crippen MR) is 87.3 cm³/mol. The Hall–Kier alpha value is -1.99. The van der Waals surface area contributed by atoms with Gasteiger partial charge in [0.05, 0.1) is 25.0 Å². The number of nitrogen functional groups attached to an aromatic ring is 1. The van der Waals surface area contributed by atoms with Gasteiger partial charge in [0, 0.05) is 17.5 Å². The topological polar surface area (TPSA) is 103 Å². The minimum atomic E-state index is -0.0604. The van der Waals surface area contributed by atoms with E-state index in [0.717, 1.165) is 36.8 Å². The first-order chi connectivity index (χ1) is 11.1. The van der Waals surface area contributed by atoms with E-state index in [0.29, 0.717) is 12.3 Å². The third-order valence-corrected chi connectivity index (χ3v) is 4.45. The van der Waals surface area contributed by atoms with Crippen LogP contribution in [0.2, 0.25) is 0 Å². The van der Waals surface area contributed by atoms with Crippen LogP contribution in [0, 0.1) is 6.92 Å². The van der Waals surface area contributed by atoms with Gasteiger partial charge in [-0.3, -0.25) is 9.36 Å².